The Bertz CT molecular complexity index is 10000. The highest BCUT2D eigenvalue weighted by Gasteiger charge is 2.24. The Morgan fingerprint density at radius 3 is 0.827 bits per heavy atom. The van der Waals surface area contributed by atoms with E-state index in [4.69, 9.17) is 60.9 Å². The average molecular weight is 1310 g/mol. The first-order chi connectivity index (χ1) is 73.6. The van der Waals surface area contributed by atoms with Crippen LogP contribution in [0.3, 0.4) is 0 Å². The van der Waals surface area contributed by atoms with Gasteiger partial charge >= 0.3 is 0 Å². The van der Waals surface area contributed by atoms with Crippen molar-refractivity contribution in [1.82, 2.24) is 0 Å². The Kier molecular flexibility index (Phi) is 5.44. The molecule has 0 atom stereocenters. The van der Waals surface area contributed by atoms with Crippen molar-refractivity contribution >= 4 is 109 Å². The van der Waals surface area contributed by atoms with Gasteiger partial charge in [0.2, 0.25) is 0 Å². The van der Waals surface area contributed by atoms with Crippen LogP contribution in [-0.4, -0.2) is 0 Å². The van der Waals surface area contributed by atoms with Crippen LogP contribution in [-0.2, 0) is 0 Å². The van der Waals surface area contributed by atoms with Gasteiger partial charge in [0, 0.05) is 32.3 Å². The molecular weight excluding hydrogens is 1190 g/mol. The lowest BCUT2D eigenvalue weighted by Gasteiger charge is -2.20. The second-order valence-electron chi connectivity index (χ2n) is 21.0. The van der Waals surface area contributed by atoms with E-state index in [1.165, 1.54) is 0 Å². The lowest BCUT2D eigenvalue weighted by Crippen LogP contribution is -1.93. The summed E-state index contributed by atoms with van der Waals surface area (Å²) in [5.41, 5.74) is -15.7. The minimum absolute atomic E-state index is 0.472. The molecule has 456 valence electrons. The third kappa shape index (κ3) is 9.41. The smallest absolute Gasteiger partial charge is 0.143 e. The summed E-state index contributed by atoms with van der Waals surface area (Å²) in [4.78, 5) is 0. The standard InChI is InChI=1S/2C48H30O/c1-2-11-31(12-3-1)32-21-23-33(24-22-32)34-25-27-36(28-26-34)45-38-15-6-8-17-40(38)46(41-18-9-7-16-39(41)45)42-19-10-20-44-47(42)43-30-29-35-13-4-5-14-37(35)48(43)49-44;1-2-13-31(14-3-1)32-25-27-34(28-26-32)35-16-6-7-18-37(35)45-38-19-8-10-21-40(38)46(41-22-11-9-20-39(41)45)42-23-12-24-44-47(42)43-30-29-33-15-4-5-17-36(33)48(43)49-44/h2*1-30H/i2*1D,2D,3D,4D,5D,6D,7D,8D,9D,10D,11D,12D,13D,14D,15D,16D,17D,18D,19D,20D,21D,22D,23D,24D,25D,26D,27D,28D,29D,30D. The fraction of sp³-hybridized carbons (Fsp3) is 0. The molecule has 0 saturated heterocycles. The number of fused-ring (bicyclic) bond motifs is 14. The molecule has 0 saturated carbocycles. The Balaban J connectivity index is 0.000000196. The van der Waals surface area contributed by atoms with Crippen LogP contribution < -0.4 is 0 Å². The molecule has 20 rings (SSSR count). The third-order valence-corrected chi connectivity index (χ3v) is 15.8. The molecule has 0 aliphatic heterocycles. The Morgan fingerprint density at radius 1 is 0.163 bits per heavy atom. The topological polar surface area (TPSA) is 26.3 Å². The van der Waals surface area contributed by atoms with Crippen molar-refractivity contribution in [1.29, 1.82) is 0 Å². The van der Waals surface area contributed by atoms with Crippen molar-refractivity contribution < 1.29 is 91.1 Å². The number of furan rings is 2. The maximum atomic E-state index is 9.62. The summed E-state index contributed by atoms with van der Waals surface area (Å²) in [5, 5.41) is -10.5. The van der Waals surface area contributed by atoms with Crippen LogP contribution in [0.25, 0.3) is 198 Å². The largest absolute Gasteiger partial charge is 0.455 e. The van der Waals surface area contributed by atoms with E-state index in [0.29, 0.717) is 0 Å². The second-order valence-corrected chi connectivity index (χ2v) is 21.0. The van der Waals surface area contributed by atoms with Gasteiger partial charge in [0.15, 0.2) is 0 Å². The maximum absolute atomic E-state index is 9.62. The predicted octanol–water partition coefficient (Wildman–Crippen LogP) is 27.4. The summed E-state index contributed by atoms with van der Waals surface area (Å²) < 4.78 is 552. The number of rotatable bonds is 8. The average Bonchev–Trinajstić information content (AvgIpc) is 0.960. The zero-order valence-corrected chi connectivity index (χ0v) is 48.8. The van der Waals surface area contributed by atoms with Gasteiger partial charge in [-0.25, -0.2) is 0 Å². The Hall–Kier alpha value is -12.9. The van der Waals surface area contributed by atoms with Gasteiger partial charge in [-0.15, -0.1) is 0 Å². The van der Waals surface area contributed by atoms with Crippen molar-refractivity contribution in [2.45, 2.75) is 0 Å². The molecule has 2 heteroatoms. The molecule has 0 fully saturated rings. The normalized spacial score (nSPS) is 20.2. The van der Waals surface area contributed by atoms with Crippen LogP contribution in [0.2, 0.25) is 0 Å². The molecule has 0 spiro atoms. The summed E-state index contributed by atoms with van der Waals surface area (Å²) in [7, 11) is 0. The van der Waals surface area contributed by atoms with E-state index in [1.54, 1.807) is 0 Å². The minimum atomic E-state index is -1.15. The lowest BCUT2D eigenvalue weighted by molar-refractivity contribution is 0.672. The summed E-state index contributed by atoms with van der Waals surface area (Å²) in [6.45, 7) is 0. The third-order valence-electron chi connectivity index (χ3n) is 15.8. The van der Waals surface area contributed by atoms with Crippen LogP contribution in [0.4, 0.5) is 0 Å². The fourth-order valence-corrected chi connectivity index (χ4v) is 11.7. The summed E-state index contributed by atoms with van der Waals surface area (Å²) in [6, 6.07) is -58.6. The highest BCUT2D eigenvalue weighted by Crippen LogP contribution is 2.51. The first kappa shape index (κ1) is 22.6. The first-order valence-electron chi connectivity index (χ1n) is 58.8. The quantitative estimate of drug-likeness (QED) is 0.142. The Morgan fingerprint density at radius 2 is 0.439 bits per heavy atom. The molecule has 98 heavy (non-hydrogen) atoms. The van der Waals surface area contributed by atoms with Gasteiger partial charge in [-0.1, -0.05) is 338 Å². The number of benzene rings is 18. The molecule has 0 radical (unpaired) electrons. The molecule has 0 N–H and O–H groups in total. The second kappa shape index (κ2) is 23.5. The van der Waals surface area contributed by atoms with Crippen molar-refractivity contribution in [3.8, 4) is 89.0 Å². The zero-order valence-electron chi connectivity index (χ0n) is 109. The van der Waals surface area contributed by atoms with E-state index in [2.05, 4.69) is 0 Å². The van der Waals surface area contributed by atoms with E-state index in [0.717, 1.165) is 0 Å². The van der Waals surface area contributed by atoms with E-state index < -0.39 is 560 Å². The van der Waals surface area contributed by atoms with Gasteiger partial charge in [0.05, 0.1) is 82.2 Å². The first-order valence-corrected chi connectivity index (χ1v) is 28.8. The molecule has 2 aromatic heterocycles. The number of hydrogen-bond acceptors (Lipinski definition) is 2. The van der Waals surface area contributed by atoms with Crippen LogP contribution in [0.5, 0.6) is 0 Å². The van der Waals surface area contributed by atoms with Gasteiger partial charge in [0.25, 0.3) is 0 Å². The molecule has 2 nitrogen and oxygen atoms in total. The van der Waals surface area contributed by atoms with Crippen molar-refractivity contribution in [2.75, 3.05) is 0 Å². The van der Waals surface area contributed by atoms with Gasteiger partial charge in [0.1, 0.15) is 22.3 Å². The summed E-state index contributed by atoms with van der Waals surface area (Å²) in [5.74, 6) is 0. The van der Waals surface area contributed by atoms with E-state index in [9.17, 15) is 30.2 Å². The Labute approximate surface area is 651 Å². The molecule has 0 amide bonds. The van der Waals surface area contributed by atoms with Gasteiger partial charge in [-0.3, -0.25) is 0 Å². The van der Waals surface area contributed by atoms with E-state index in [-0.39, 0.29) is 0 Å². The predicted molar refractivity (Wildman–Crippen MR) is 416 cm³/mol. The minimum Gasteiger partial charge on any atom is -0.455 e. The van der Waals surface area contributed by atoms with E-state index in [1.807, 2.05) is 0 Å². The summed E-state index contributed by atoms with van der Waals surface area (Å²) in [6.07, 6.45) is 0. The van der Waals surface area contributed by atoms with Gasteiger partial charge in [-0.2, -0.15) is 0 Å². The monoisotopic (exact) mass is 1300 g/mol. The van der Waals surface area contributed by atoms with Crippen molar-refractivity contribution in [2.24, 2.45) is 0 Å². The van der Waals surface area contributed by atoms with Crippen molar-refractivity contribution in [3.63, 3.8) is 0 Å². The number of hydrogen-bond donors (Lipinski definition) is 0. The highest BCUT2D eigenvalue weighted by molar-refractivity contribution is 6.29. The molecular formula is C96H60O2. The molecule has 0 aliphatic rings. The SMILES string of the molecule is [2H]c1c([2H])c([2H])c(-c2c([2H])c([2H])c(-c3c([2H])c([2H])c(-c4c5c([2H])c([2H])c([2H])c([2H])c5c(-c5c([2H])c([2H])c([2H])c6oc7c8c([2H])c([2H])c([2H])c([2H])c8c([2H])c([2H])c7c56)c5c([2H])c([2H])c([2H])c([2H])c45)c([2H])c3[2H])c([2H])c2[2H])c([2H])c1[2H].[2H]c1c([2H])c([2H])c(-c2c([2H])c([2H])c(-c3c([2H])c([2H])c([2H])c([2H])c3-c3c4c([2H])c([2H])c([2H])c([2H])c4c(-c4c([2H])c([2H])c([2H])c5oc6c7c([2H])c([2H])c([2H])c([2H])c7c([2H])c([2H])c6c45)c4c([2H])c([2H])c([2H])c([2H])c34)c([2H])c2[2H])c([2H])c1[2H]. The van der Waals surface area contributed by atoms with E-state index >= 15 is 0 Å². The molecule has 20 aromatic rings. The summed E-state index contributed by atoms with van der Waals surface area (Å²) >= 11 is 0. The molecule has 2 heterocycles. The fourth-order valence-electron chi connectivity index (χ4n) is 11.7. The maximum Gasteiger partial charge on any atom is 0.143 e. The van der Waals surface area contributed by atoms with Crippen LogP contribution in [0.15, 0.2) is 371 Å². The molecule has 18 aromatic carbocycles. The van der Waals surface area contributed by atoms with Crippen LogP contribution in [0.1, 0.15) is 82.2 Å². The highest BCUT2D eigenvalue weighted by atomic mass is 16.3. The lowest BCUT2D eigenvalue weighted by atomic mass is 9.83. The van der Waals surface area contributed by atoms with Crippen LogP contribution in [0, 0.1) is 0 Å². The molecule has 0 aliphatic carbocycles. The van der Waals surface area contributed by atoms with Crippen LogP contribution >= 0.6 is 0 Å². The van der Waals surface area contributed by atoms with Crippen molar-refractivity contribution in [3.05, 3.63) is 363 Å². The molecule has 0 bridgehead atoms. The zero-order chi connectivity index (χ0) is 117. The van der Waals surface area contributed by atoms with Gasteiger partial charge in [-0.05, 0) is 167 Å². The molecule has 0 unspecified atom stereocenters. The van der Waals surface area contributed by atoms with Gasteiger partial charge < -0.3 is 8.83 Å².